The number of nitrogens with zero attached hydrogens (tertiary/aromatic N) is 2. The van der Waals surface area contributed by atoms with Crippen molar-refractivity contribution < 1.29 is 29.3 Å². The highest BCUT2D eigenvalue weighted by Crippen LogP contribution is 2.27. The lowest BCUT2D eigenvalue weighted by Gasteiger charge is -2.33. The number of esters is 2. The summed E-state index contributed by atoms with van der Waals surface area (Å²) in [5, 5.41) is 17.5. The molecule has 2 N–H and O–H groups in total. The number of hydrogen-bond acceptors (Lipinski definition) is 8. The lowest BCUT2D eigenvalue weighted by atomic mass is 9.87. The molecular formula is C27H50N2O6. The second-order valence-corrected chi connectivity index (χ2v) is 10.3. The summed E-state index contributed by atoms with van der Waals surface area (Å²) >= 11 is 0. The molecule has 0 aromatic heterocycles. The first-order valence-electron chi connectivity index (χ1n) is 14.1. The van der Waals surface area contributed by atoms with Gasteiger partial charge in [0.1, 0.15) is 0 Å². The van der Waals surface area contributed by atoms with Gasteiger partial charge in [-0.2, -0.15) is 0 Å². The number of aliphatic hydroxyl groups is 2. The Morgan fingerprint density at radius 3 is 1.40 bits per heavy atom. The Bertz CT molecular complexity index is 512. The van der Waals surface area contributed by atoms with Crippen LogP contribution in [0.1, 0.15) is 83.5 Å². The van der Waals surface area contributed by atoms with Crippen molar-refractivity contribution in [2.24, 2.45) is 11.8 Å². The standard InChI is InChI=1S/C27H50N2O6/c30-20-1-3-22-34-26(32)12-18-28-14-8-24(9-15-28)6-5-7-25-10-16-29(17-11-25)19-13-27(33)35-23-4-2-21-31/h24-25,30-31H,1-23H2. The number of carbonyl (C=O) groups is 2. The average molecular weight is 499 g/mol. The maximum absolute atomic E-state index is 11.8. The van der Waals surface area contributed by atoms with Gasteiger partial charge in [0.05, 0.1) is 26.1 Å². The molecule has 0 aromatic carbocycles. The van der Waals surface area contributed by atoms with Gasteiger partial charge in [-0.15, -0.1) is 0 Å². The summed E-state index contributed by atoms with van der Waals surface area (Å²) in [6.07, 6.45) is 12.7. The average Bonchev–Trinajstić information content (AvgIpc) is 2.88. The Labute approximate surface area is 212 Å². The SMILES string of the molecule is O=C(CCN1CCC(CCCC2CCN(CCC(=O)OCCCCO)CC2)CC1)OCCCCO. The van der Waals surface area contributed by atoms with Gasteiger partial charge in [0.25, 0.3) is 0 Å². The van der Waals surface area contributed by atoms with Crippen LogP contribution in [-0.2, 0) is 19.1 Å². The first kappa shape index (κ1) is 30.0. The van der Waals surface area contributed by atoms with Gasteiger partial charge in [0.15, 0.2) is 0 Å². The van der Waals surface area contributed by atoms with Crippen molar-refractivity contribution in [2.75, 3.05) is 65.7 Å². The molecule has 204 valence electrons. The zero-order valence-corrected chi connectivity index (χ0v) is 21.8. The van der Waals surface area contributed by atoms with Crippen LogP contribution in [0.5, 0.6) is 0 Å². The summed E-state index contributed by atoms with van der Waals surface area (Å²) in [6.45, 7) is 7.09. The topological polar surface area (TPSA) is 99.5 Å². The van der Waals surface area contributed by atoms with E-state index in [1.165, 1.54) is 44.9 Å². The fourth-order valence-electron chi connectivity index (χ4n) is 5.14. The second-order valence-electron chi connectivity index (χ2n) is 10.3. The molecule has 0 aliphatic carbocycles. The van der Waals surface area contributed by atoms with Crippen LogP contribution in [0.2, 0.25) is 0 Å². The number of piperidine rings is 2. The molecule has 2 aliphatic rings. The van der Waals surface area contributed by atoms with Crippen molar-refractivity contribution >= 4 is 11.9 Å². The first-order valence-corrected chi connectivity index (χ1v) is 14.1. The van der Waals surface area contributed by atoms with Gasteiger partial charge in [-0.1, -0.05) is 19.3 Å². The minimum Gasteiger partial charge on any atom is -0.466 e. The molecule has 2 rings (SSSR count). The number of unbranched alkanes of at least 4 members (excludes halogenated alkanes) is 2. The Balaban J connectivity index is 1.44. The van der Waals surface area contributed by atoms with Crippen LogP contribution in [-0.4, -0.2) is 97.6 Å². The van der Waals surface area contributed by atoms with Crippen LogP contribution in [0.4, 0.5) is 0 Å². The monoisotopic (exact) mass is 498 g/mol. The normalized spacial score (nSPS) is 18.6. The van der Waals surface area contributed by atoms with Crippen LogP contribution in [0.15, 0.2) is 0 Å². The van der Waals surface area contributed by atoms with E-state index in [4.69, 9.17) is 19.7 Å². The lowest BCUT2D eigenvalue weighted by Crippen LogP contribution is -2.36. The largest absolute Gasteiger partial charge is 0.466 e. The van der Waals surface area contributed by atoms with Gasteiger partial charge >= 0.3 is 11.9 Å². The number of rotatable bonds is 18. The van der Waals surface area contributed by atoms with Gasteiger partial charge in [-0.25, -0.2) is 0 Å². The molecule has 0 aromatic rings. The Kier molecular flexibility index (Phi) is 16.3. The minimum atomic E-state index is -0.120. The number of carbonyl (C=O) groups excluding carboxylic acids is 2. The van der Waals surface area contributed by atoms with Crippen molar-refractivity contribution in [2.45, 2.75) is 83.5 Å². The number of likely N-dealkylation sites (tertiary alicyclic amines) is 2. The highest BCUT2D eigenvalue weighted by atomic mass is 16.5. The van der Waals surface area contributed by atoms with Crippen LogP contribution in [0, 0.1) is 11.8 Å². The number of ether oxygens (including phenoxy) is 2. The lowest BCUT2D eigenvalue weighted by molar-refractivity contribution is -0.145. The summed E-state index contributed by atoms with van der Waals surface area (Å²) in [7, 11) is 0. The maximum Gasteiger partial charge on any atom is 0.307 e. The van der Waals surface area contributed by atoms with E-state index >= 15 is 0 Å². The molecule has 0 saturated carbocycles. The summed E-state index contributed by atoms with van der Waals surface area (Å²) < 4.78 is 10.4. The second kappa shape index (κ2) is 19.0. The summed E-state index contributed by atoms with van der Waals surface area (Å²) in [4.78, 5) is 28.4. The third-order valence-electron chi connectivity index (χ3n) is 7.53. The van der Waals surface area contributed by atoms with E-state index in [1.54, 1.807) is 0 Å². The van der Waals surface area contributed by atoms with Gasteiger partial charge < -0.3 is 29.5 Å². The third-order valence-corrected chi connectivity index (χ3v) is 7.53. The zero-order chi connectivity index (χ0) is 25.1. The molecule has 0 atom stereocenters. The molecular weight excluding hydrogens is 448 g/mol. The molecule has 0 amide bonds. The van der Waals surface area contributed by atoms with Crippen molar-refractivity contribution in [3.8, 4) is 0 Å². The van der Waals surface area contributed by atoms with Gasteiger partial charge in [0.2, 0.25) is 0 Å². The summed E-state index contributed by atoms with van der Waals surface area (Å²) in [5.74, 6) is 1.40. The molecule has 0 radical (unpaired) electrons. The minimum absolute atomic E-state index is 0.120. The van der Waals surface area contributed by atoms with E-state index in [1.807, 2.05) is 0 Å². The fraction of sp³-hybridized carbons (Fsp3) is 0.926. The third kappa shape index (κ3) is 14.2. The van der Waals surface area contributed by atoms with Crippen molar-refractivity contribution in [3.05, 3.63) is 0 Å². The molecule has 8 heteroatoms. The van der Waals surface area contributed by atoms with E-state index in [9.17, 15) is 9.59 Å². The number of hydrogen-bond donors (Lipinski definition) is 2. The molecule has 2 fully saturated rings. The van der Waals surface area contributed by atoms with Crippen molar-refractivity contribution in [1.29, 1.82) is 0 Å². The predicted molar refractivity (Wildman–Crippen MR) is 136 cm³/mol. The highest BCUT2D eigenvalue weighted by molar-refractivity contribution is 5.69. The van der Waals surface area contributed by atoms with Gasteiger partial charge in [-0.3, -0.25) is 9.59 Å². The highest BCUT2D eigenvalue weighted by Gasteiger charge is 2.22. The van der Waals surface area contributed by atoms with Gasteiger partial charge in [0, 0.05) is 26.3 Å². The summed E-state index contributed by atoms with van der Waals surface area (Å²) in [5.41, 5.74) is 0. The van der Waals surface area contributed by atoms with E-state index in [0.717, 1.165) is 63.9 Å². The molecule has 2 heterocycles. The number of aliphatic hydroxyl groups excluding tert-OH is 2. The predicted octanol–water partition coefficient (Wildman–Crippen LogP) is 2.99. The Morgan fingerprint density at radius 2 is 1.03 bits per heavy atom. The molecule has 2 aliphatic heterocycles. The Hall–Kier alpha value is -1.22. The zero-order valence-electron chi connectivity index (χ0n) is 21.8. The Morgan fingerprint density at radius 1 is 0.629 bits per heavy atom. The molecule has 8 nitrogen and oxygen atoms in total. The van der Waals surface area contributed by atoms with Crippen molar-refractivity contribution in [1.82, 2.24) is 9.80 Å². The van der Waals surface area contributed by atoms with E-state index in [0.29, 0.717) is 38.9 Å². The van der Waals surface area contributed by atoms with Gasteiger partial charge in [-0.05, 0) is 89.4 Å². The molecule has 0 unspecified atom stereocenters. The first-order chi connectivity index (χ1) is 17.1. The van der Waals surface area contributed by atoms with Crippen LogP contribution < -0.4 is 0 Å². The molecule has 2 saturated heterocycles. The van der Waals surface area contributed by atoms with Crippen LogP contribution in [0.25, 0.3) is 0 Å². The molecule has 0 bridgehead atoms. The summed E-state index contributed by atoms with van der Waals surface area (Å²) in [6, 6.07) is 0. The van der Waals surface area contributed by atoms with Crippen molar-refractivity contribution in [3.63, 3.8) is 0 Å². The maximum atomic E-state index is 11.8. The smallest absolute Gasteiger partial charge is 0.307 e. The fourth-order valence-corrected chi connectivity index (χ4v) is 5.14. The van der Waals surface area contributed by atoms with Crippen LogP contribution in [0.3, 0.4) is 0 Å². The van der Waals surface area contributed by atoms with E-state index in [-0.39, 0.29) is 25.2 Å². The van der Waals surface area contributed by atoms with Crippen LogP contribution >= 0.6 is 0 Å². The van der Waals surface area contributed by atoms with E-state index < -0.39 is 0 Å². The molecule has 35 heavy (non-hydrogen) atoms. The molecule has 0 spiro atoms. The quantitative estimate of drug-likeness (QED) is 0.220. The van der Waals surface area contributed by atoms with E-state index in [2.05, 4.69) is 9.80 Å².